The lowest BCUT2D eigenvalue weighted by Crippen LogP contribution is -1.99. The highest BCUT2D eigenvalue weighted by molar-refractivity contribution is 7.25. The largest absolute Gasteiger partial charge is 0.354 e. The summed E-state index contributed by atoms with van der Waals surface area (Å²) in [6.07, 6.45) is 4.39. The second kappa shape index (κ2) is 8.49. The number of unbranched alkanes of at least 4 members (excludes halogenated alkanes) is 1. The molecule has 0 saturated heterocycles. The van der Waals surface area contributed by atoms with Crippen molar-refractivity contribution < 1.29 is 0 Å². The maximum atomic E-state index is 5.81. The highest BCUT2D eigenvalue weighted by Crippen LogP contribution is 2.39. The second-order valence-electron chi connectivity index (χ2n) is 8.65. The van der Waals surface area contributed by atoms with Gasteiger partial charge in [-0.15, -0.1) is 11.3 Å². The third-order valence-electron chi connectivity index (χ3n) is 6.66. The van der Waals surface area contributed by atoms with Gasteiger partial charge in [0.1, 0.15) is 0 Å². The first-order valence-corrected chi connectivity index (χ1v) is 12.3. The Kier molecular flexibility index (Phi) is 5.56. The smallest absolute Gasteiger partial charge is 0.0497 e. The van der Waals surface area contributed by atoms with E-state index >= 15 is 0 Å². The summed E-state index contributed by atoms with van der Waals surface area (Å²) in [5.74, 6) is 0.577. The fraction of sp³-hybridized carbons (Fsp3) is 0.286. The van der Waals surface area contributed by atoms with E-state index in [0.29, 0.717) is 5.92 Å². The van der Waals surface area contributed by atoms with E-state index in [9.17, 15) is 0 Å². The molecule has 0 radical (unpaired) electrons. The van der Waals surface area contributed by atoms with Crippen molar-refractivity contribution in [1.82, 2.24) is 4.98 Å². The van der Waals surface area contributed by atoms with Gasteiger partial charge in [-0.25, -0.2) is 0 Å². The first-order chi connectivity index (χ1) is 15.2. The maximum absolute atomic E-state index is 5.81. The fourth-order valence-electron chi connectivity index (χ4n) is 4.64. The maximum Gasteiger partial charge on any atom is 0.0497 e. The van der Waals surface area contributed by atoms with Crippen molar-refractivity contribution in [2.24, 2.45) is 5.73 Å². The molecule has 31 heavy (non-hydrogen) atoms. The molecule has 2 heterocycles. The lowest BCUT2D eigenvalue weighted by Gasteiger charge is -2.10. The Morgan fingerprint density at radius 2 is 1.74 bits per heavy atom. The average molecular weight is 427 g/mol. The Bertz CT molecular complexity index is 1360. The van der Waals surface area contributed by atoms with Crippen molar-refractivity contribution in [3.63, 3.8) is 0 Å². The highest BCUT2D eigenvalue weighted by atomic mass is 32.1. The molecule has 0 aliphatic carbocycles. The number of aromatic amines is 1. The van der Waals surface area contributed by atoms with Crippen molar-refractivity contribution >= 4 is 42.4 Å². The van der Waals surface area contributed by atoms with Crippen LogP contribution in [0.3, 0.4) is 0 Å². The topological polar surface area (TPSA) is 41.8 Å². The summed E-state index contributed by atoms with van der Waals surface area (Å²) in [7, 11) is 0. The van der Waals surface area contributed by atoms with Gasteiger partial charge in [-0.2, -0.15) is 0 Å². The molecule has 0 aliphatic heterocycles. The standard InChI is InChI=1S/C28H30N2S/c1-3-18(2)19-11-13-25-23(16-19)22(9-6-7-15-29)28(30-25)20-12-14-27-24(17-20)21-8-4-5-10-26(21)31-27/h4-5,8,10-14,16-18,30H,3,6-7,9,15,29H2,1-2H3. The van der Waals surface area contributed by atoms with Gasteiger partial charge < -0.3 is 10.7 Å². The first kappa shape index (κ1) is 20.3. The van der Waals surface area contributed by atoms with Crippen molar-refractivity contribution in [2.75, 3.05) is 6.54 Å². The Labute approximate surface area is 188 Å². The minimum absolute atomic E-state index is 0.577. The Morgan fingerprint density at radius 1 is 0.903 bits per heavy atom. The molecule has 3 N–H and O–H groups in total. The van der Waals surface area contributed by atoms with Crippen LogP contribution in [0.5, 0.6) is 0 Å². The van der Waals surface area contributed by atoms with Gasteiger partial charge in [-0.05, 0) is 85.2 Å². The molecule has 3 heteroatoms. The van der Waals surface area contributed by atoms with Gasteiger partial charge in [0.2, 0.25) is 0 Å². The Hall–Kier alpha value is -2.62. The first-order valence-electron chi connectivity index (χ1n) is 11.5. The van der Waals surface area contributed by atoms with Gasteiger partial charge in [0.15, 0.2) is 0 Å². The number of H-pyrrole nitrogens is 1. The van der Waals surface area contributed by atoms with Crippen molar-refractivity contribution in [3.8, 4) is 11.3 Å². The summed E-state index contributed by atoms with van der Waals surface area (Å²) in [5, 5.41) is 4.08. The zero-order valence-electron chi connectivity index (χ0n) is 18.4. The molecule has 0 aliphatic rings. The normalized spacial score (nSPS) is 12.9. The van der Waals surface area contributed by atoms with E-state index < -0.39 is 0 Å². The molecule has 2 nitrogen and oxygen atoms in total. The van der Waals surface area contributed by atoms with Crippen LogP contribution in [0.4, 0.5) is 0 Å². The molecule has 3 aromatic carbocycles. The number of aryl methyl sites for hydroxylation is 1. The number of aromatic nitrogens is 1. The van der Waals surface area contributed by atoms with Crippen LogP contribution in [0.1, 0.15) is 50.2 Å². The monoisotopic (exact) mass is 426 g/mol. The van der Waals surface area contributed by atoms with E-state index in [2.05, 4.69) is 79.5 Å². The van der Waals surface area contributed by atoms with Gasteiger partial charge in [-0.1, -0.05) is 44.2 Å². The molecule has 5 aromatic rings. The van der Waals surface area contributed by atoms with Crippen LogP contribution in [-0.4, -0.2) is 11.5 Å². The van der Waals surface area contributed by atoms with Crippen LogP contribution in [-0.2, 0) is 6.42 Å². The lowest BCUT2D eigenvalue weighted by atomic mass is 9.94. The summed E-state index contributed by atoms with van der Waals surface area (Å²) in [6.45, 7) is 5.33. The number of nitrogens with two attached hydrogens (primary N) is 1. The number of hydrogen-bond acceptors (Lipinski definition) is 2. The summed E-state index contributed by atoms with van der Waals surface area (Å²) < 4.78 is 2.71. The predicted octanol–water partition coefficient (Wildman–Crippen LogP) is 8.00. The molecule has 0 saturated carbocycles. The van der Waals surface area contributed by atoms with Gasteiger partial charge in [0, 0.05) is 36.8 Å². The number of nitrogens with one attached hydrogen (secondary N) is 1. The second-order valence-corrected chi connectivity index (χ2v) is 9.73. The van der Waals surface area contributed by atoms with Crippen LogP contribution in [0.15, 0.2) is 60.7 Å². The number of benzene rings is 3. The van der Waals surface area contributed by atoms with E-state index in [4.69, 9.17) is 5.73 Å². The van der Waals surface area contributed by atoms with E-state index in [-0.39, 0.29) is 0 Å². The summed E-state index contributed by atoms with van der Waals surface area (Å²) in [4.78, 5) is 3.77. The summed E-state index contributed by atoms with van der Waals surface area (Å²) >= 11 is 1.88. The number of hydrogen-bond donors (Lipinski definition) is 2. The van der Waals surface area contributed by atoms with Crippen molar-refractivity contribution in [2.45, 2.75) is 45.4 Å². The zero-order chi connectivity index (χ0) is 21.4. The average Bonchev–Trinajstić information content (AvgIpc) is 3.36. The van der Waals surface area contributed by atoms with Crippen LogP contribution in [0.2, 0.25) is 0 Å². The quantitative estimate of drug-likeness (QED) is 0.254. The Morgan fingerprint density at radius 3 is 2.58 bits per heavy atom. The molecule has 158 valence electrons. The molecule has 0 bridgehead atoms. The van der Waals surface area contributed by atoms with Crippen LogP contribution in [0.25, 0.3) is 42.3 Å². The third-order valence-corrected chi connectivity index (χ3v) is 7.81. The minimum Gasteiger partial charge on any atom is -0.354 e. The summed E-state index contributed by atoms with van der Waals surface area (Å²) in [5.41, 5.74) is 12.5. The van der Waals surface area contributed by atoms with Crippen molar-refractivity contribution in [1.29, 1.82) is 0 Å². The molecule has 0 fully saturated rings. The molecular formula is C28H30N2S. The number of rotatable bonds is 7. The van der Waals surface area contributed by atoms with Gasteiger partial charge in [0.05, 0.1) is 0 Å². The SMILES string of the molecule is CCC(C)c1ccc2[nH]c(-c3ccc4sc5ccccc5c4c3)c(CCCCN)c2c1. The molecule has 1 unspecified atom stereocenters. The fourth-order valence-corrected chi connectivity index (χ4v) is 5.73. The molecular weight excluding hydrogens is 396 g/mol. The van der Waals surface area contributed by atoms with Crippen LogP contribution < -0.4 is 5.73 Å². The molecule has 0 amide bonds. The predicted molar refractivity (Wildman–Crippen MR) is 137 cm³/mol. The summed E-state index contributed by atoms with van der Waals surface area (Å²) in [6, 6.07) is 22.6. The van der Waals surface area contributed by atoms with E-state index in [1.165, 1.54) is 53.5 Å². The van der Waals surface area contributed by atoms with E-state index in [1.807, 2.05) is 11.3 Å². The van der Waals surface area contributed by atoms with Crippen LogP contribution in [0, 0.1) is 0 Å². The number of thiophene rings is 1. The highest BCUT2D eigenvalue weighted by Gasteiger charge is 2.16. The molecule has 0 spiro atoms. The number of fused-ring (bicyclic) bond motifs is 4. The lowest BCUT2D eigenvalue weighted by molar-refractivity contribution is 0.734. The van der Waals surface area contributed by atoms with Gasteiger partial charge in [-0.3, -0.25) is 0 Å². The molecule has 2 aromatic heterocycles. The Balaban J connectivity index is 1.68. The third kappa shape index (κ3) is 3.66. The molecule has 1 atom stereocenters. The van der Waals surface area contributed by atoms with Gasteiger partial charge >= 0.3 is 0 Å². The molecule has 5 rings (SSSR count). The van der Waals surface area contributed by atoms with E-state index in [0.717, 1.165) is 32.2 Å². The van der Waals surface area contributed by atoms with Crippen molar-refractivity contribution in [3.05, 3.63) is 71.8 Å². The zero-order valence-corrected chi connectivity index (χ0v) is 19.2. The van der Waals surface area contributed by atoms with E-state index in [1.54, 1.807) is 0 Å². The minimum atomic E-state index is 0.577. The van der Waals surface area contributed by atoms with Gasteiger partial charge in [0.25, 0.3) is 0 Å². The van der Waals surface area contributed by atoms with Crippen LogP contribution >= 0.6 is 11.3 Å².